The lowest BCUT2D eigenvalue weighted by atomic mass is 9.93. The van der Waals surface area contributed by atoms with Gasteiger partial charge in [-0.2, -0.15) is 0 Å². The first kappa shape index (κ1) is 14.0. The molecule has 1 heterocycles. The number of hydrogen-bond donors (Lipinski definition) is 2. The average Bonchev–Trinajstić information content (AvgIpc) is 2.28. The lowest BCUT2D eigenvalue weighted by Gasteiger charge is -2.38. The Kier molecular flexibility index (Phi) is 4.93. The van der Waals surface area contributed by atoms with Crippen molar-refractivity contribution in [1.82, 2.24) is 10.2 Å². The molecular weight excluding hydrogens is 220 g/mol. The third kappa shape index (κ3) is 3.70. The number of piperidine rings is 1. The van der Waals surface area contributed by atoms with Crippen LogP contribution in [0.1, 0.15) is 33.6 Å². The fourth-order valence-corrected chi connectivity index (χ4v) is 2.25. The monoisotopic (exact) mass is 242 g/mol. The highest BCUT2D eigenvalue weighted by Gasteiger charge is 2.31. The number of nitrogens with zero attached hydrogens (tertiary/aromatic N) is 1. The minimum atomic E-state index is -0.493. The molecule has 3 unspecified atom stereocenters. The molecule has 0 bridgehead atoms. The van der Waals surface area contributed by atoms with Gasteiger partial charge in [-0.3, -0.25) is 9.59 Å². The third-order valence-corrected chi connectivity index (χ3v) is 3.31. The summed E-state index contributed by atoms with van der Waals surface area (Å²) in [7, 11) is 0. The fourth-order valence-electron chi connectivity index (χ4n) is 2.25. The maximum absolute atomic E-state index is 12.1. The van der Waals surface area contributed by atoms with Crippen molar-refractivity contribution in [2.75, 3.05) is 13.2 Å². The number of aliphatic hydroxyl groups excluding tert-OH is 1. The Morgan fingerprint density at radius 3 is 2.65 bits per heavy atom. The largest absolute Gasteiger partial charge is 0.396 e. The first-order chi connectivity index (χ1) is 7.95. The van der Waals surface area contributed by atoms with Crippen molar-refractivity contribution >= 4 is 11.8 Å². The first-order valence-electron chi connectivity index (χ1n) is 6.14. The van der Waals surface area contributed by atoms with Crippen molar-refractivity contribution in [3.63, 3.8) is 0 Å². The average molecular weight is 242 g/mol. The van der Waals surface area contributed by atoms with Crippen LogP contribution in [0, 0.1) is 5.92 Å². The van der Waals surface area contributed by atoms with E-state index in [9.17, 15) is 9.59 Å². The van der Waals surface area contributed by atoms with Gasteiger partial charge in [0.05, 0.1) is 0 Å². The predicted molar refractivity (Wildman–Crippen MR) is 64.3 cm³/mol. The molecule has 5 heteroatoms. The molecule has 17 heavy (non-hydrogen) atoms. The Morgan fingerprint density at radius 1 is 1.47 bits per heavy atom. The molecule has 1 saturated heterocycles. The summed E-state index contributed by atoms with van der Waals surface area (Å²) in [6.07, 6.45) is 1.86. The molecule has 98 valence electrons. The lowest BCUT2D eigenvalue weighted by molar-refractivity contribution is -0.139. The van der Waals surface area contributed by atoms with Crippen LogP contribution in [-0.4, -0.2) is 47.1 Å². The summed E-state index contributed by atoms with van der Waals surface area (Å²) in [4.78, 5) is 24.8. The molecule has 5 nitrogen and oxygen atoms in total. The van der Waals surface area contributed by atoms with Crippen molar-refractivity contribution in [3.05, 3.63) is 0 Å². The number of amides is 2. The van der Waals surface area contributed by atoms with Crippen molar-refractivity contribution in [1.29, 1.82) is 0 Å². The topological polar surface area (TPSA) is 69.6 Å². The van der Waals surface area contributed by atoms with E-state index in [1.165, 1.54) is 6.92 Å². The van der Waals surface area contributed by atoms with Crippen molar-refractivity contribution in [2.24, 2.45) is 5.92 Å². The zero-order chi connectivity index (χ0) is 13.0. The summed E-state index contributed by atoms with van der Waals surface area (Å²) in [6.45, 7) is 5.80. The second-order valence-electron chi connectivity index (χ2n) is 4.89. The molecule has 0 aromatic carbocycles. The van der Waals surface area contributed by atoms with E-state index in [0.717, 1.165) is 12.8 Å². The molecule has 2 N–H and O–H groups in total. The van der Waals surface area contributed by atoms with Crippen LogP contribution in [-0.2, 0) is 9.59 Å². The van der Waals surface area contributed by atoms with Gasteiger partial charge >= 0.3 is 0 Å². The highest BCUT2D eigenvalue weighted by molar-refractivity contribution is 5.86. The molecule has 3 atom stereocenters. The van der Waals surface area contributed by atoms with Crippen molar-refractivity contribution < 1.29 is 14.7 Å². The van der Waals surface area contributed by atoms with Crippen LogP contribution in [0.15, 0.2) is 0 Å². The fraction of sp³-hybridized carbons (Fsp3) is 0.833. The van der Waals surface area contributed by atoms with E-state index in [1.54, 1.807) is 11.8 Å². The maximum Gasteiger partial charge on any atom is 0.245 e. The number of nitrogens with one attached hydrogen (secondary N) is 1. The van der Waals surface area contributed by atoms with Gasteiger partial charge in [0.15, 0.2) is 0 Å². The van der Waals surface area contributed by atoms with Crippen LogP contribution in [0.5, 0.6) is 0 Å². The minimum absolute atomic E-state index is 0.0640. The van der Waals surface area contributed by atoms with Gasteiger partial charge in [0, 0.05) is 26.1 Å². The van der Waals surface area contributed by atoms with E-state index in [2.05, 4.69) is 5.32 Å². The number of aliphatic hydroxyl groups is 1. The maximum atomic E-state index is 12.1. The lowest BCUT2D eigenvalue weighted by Crippen LogP contribution is -2.53. The molecule has 1 fully saturated rings. The SMILES string of the molecule is CC(=O)NC(C)C(=O)N1CC(CO)CCC1C. The molecule has 0 aliphatic carbocycles. The van der Waals surface area contributed by atoms with Crippen molar-refractivity contribution in [2.45, 2.75) is 45.7 Å². The van der Waals surface area contributed by atoms with E-state index in [4.69, 9.17) is 5.11 Å². The standard InChI is InChI=1S/C12H22N2O3/c1-8-4-5-11(7-15)6-14(8)12(17)9(2)13-10(3)16/h8-9,11,15H,4-7H2,1-3H3,(H,13,16). The van der Waals surface area contributed by atoms with Gasteiger partial charge in [-0.15, -0.1) is 0 Å². The van der Waals surface area contributed by atoms with Crippen LogP contribution in [0.3, 0.4) is 0 Å². The normalized spacial score (nSPS) is 26.5. The van der Waals surface area contributed by atoms with Gasteiger partial charge in [-0.05, 0) is 32.6 Å². The summed E-state index contributed by atoms with van der Waals surface area (Å²) in [5, 5.41) is 11.8. The van der Waals surface area contributed by atoms with Gasteiger partial charge < -0.3 is 15.3 Å². The zero-order valence-electron chi connectivity index (χ0n) is 10.8. The Morgan fingerprint density at radius 2 is 2.12 bits per heavy atom. The van der Waals surface area contributed by atoms with Gasteiger partial charge in [0.25, 0.3) is 0 Å². The van der Waals surface area contributed by atoms with E-state index in [1.807, 2.05) is 6.92 Å². The number of carbonyl (C=O) groups excluding carboxylic acids is 2. The molecule has 1 aliphatic rings. The number of rotatable bonds is 3. The second-order valence-corrected chi connectivity index (χ2v) is 4.89. The Labute approximate surface area is 102 Å². The Balaban J connectivity index is 2.62. The molecule has 0 radical (unpaired) electrons. The Hall–Kier alpha value is -1.10. The molecule has 1 rings (SSSR count). The molecule has 0 aromatic heterocycles. The summed E-state index contributed by atoms with van der Waals surface area (Å²) < 4.78 is 0. The highest BCUT2D eigenvalue weighted by Crippen LogP contribution is 2.22. The smallest absolute Gasteiger partial charge is 0.245 e. The summed E-state index contributed by atoms with van der Waals surface area (Å²) in [5.74, 6) is -0.0975. The van der Waals surface area contributed by atoms with Gasteiger partial charge in [-0.1, -0.05) is 0 Å². The Bertz CT molecular complexity index is 293. The minimum Gasteiger partial charge on any atom is -0.396 e. The van der Waals surface area contributed by atoms with E-state index >= 15 is 0 Å². The summed E-state index contributed by atoms with van der Waals surface area (Å²) >= 11 is 0. The predicted octanol–water partition coefficient (Wildman–Crippen LogP) is 0.130. The van der Waals surface area contributed by atoms with Gasteiger partial charge in [0.1, 0.15) is 6.04 Å². The third-order valence-electron chi connectivity index (χ3n) is 3.31. The first-order valence-corrected chi connectivity index (χ1v) is 6.14. The molecule has 2 amide bonds. The molecule has 1 aliphatic heterocycles. The molecule has 0 saturated carbocycles. The number of hydrogen-bond acceptors (Lipinski definition) is 3. The van der Waals surface area contributed by atoms with E-state index in [-0.39, 0.29) is 30.4 Å². The zero-order valence-corrected chi connectivity index (χ0v) is 10.8. The quantitative estimate of drug-likeness (QED) is 0.739. The van der Waals surface area contributed by atoms with Crippen LogP contribution in [0.2, 0.25) is 0 Å². The second kappa shape index (κ2) is 6.00. The molecular formula is C12H22N2O3. The molecule has 0 spiro atoms. The summed E-state index contributed by atoms with van der Waals surface area (Å²) in [5.41, 5.74) is 0. The van der Waals surface area contributed by atoms with Crippen LogP contribution in [0.25, 0.3) is 0 Å². The van der Waals surface area contributed by atoms with Gasteiger partial charge in [-0.25, -0.2) is 0 Å². The van der Waals surface area contributed by atoms with Crippen LogP contribution < -0.4 is 5.32 Å². The van der Waals surface area contributed by atoms with Crippen molar-refractivity contribution in [3.8, 4) is 0 Å². The van der Waals surface area contributed by atoms with E-state index in [0.29, 0.717) is 6.54 Å². The molecule has 0 aromatic rings. The van der Waals surface area contributed by atoms with Crippen LogP contribution >= 0.6 is 0 Å². The van der Waals surface area contributed by atoms with E-state index < -0.39 is 6.04 Å². The van der Waals surface area contributed by atoms with Gasteiger partial charge in [0.2, 0.25) is 11.8 Å². The van der Waals surface area contributed by atoms with Crippen LogP contribution in [0.4, 0.5) is 0 Å². The summed E-state index contributed by atoms with van der Waals surface area (Å²) in [6, 6.07) is -0.311. The highest BCUT2D eigenvalue weighted by atomic mass is 16.3. The number of likely N-dealkylation sites (tertiary alicyclic amines) is 1. The number of carbonyl (C=O) groups is 2.